The molecule has 98 valence electrons. The predicted molar refractivity (Wildman–Crippen MR) is 76.9 cm³/mol. The van der Waals surface area contributed by atoms with Gasteiger partial charge < -0.3 is 5.32 Å². The monoisotopic (exact) mass is 243 g/mol. The van der Waals surface area contributed by atoms with Gasteiger partial charge >= 0.3 is 0 Å². The van der Waals surface area contributed by atoms with E-state index in [4.69, 9.17) is 0 Å². The minimum Gasteiger partial charge on any atom is -0.316 e. The first-order valence-electron chi connectivity index (χ1n) is 7.64. The van der Waals surface area contributed by atoms with E-state index < -0.39 is 0 Å². The van der Waals surface area contributed by atoms with Gasteiger partial charge in [0, 0.05) is 19.0 Å². The molecule has 1 unspecified atom stereocenters. The maximum absolute atomic E-state index is 3.66. The van der Waals surface area contributed by atoms with Gasteiger partial charge in [0.05, 0.1) is 0 Å². The minimum absolute atomic E-state index is 0.575. The zero-order chi connectivity index (χ0) is 12.4. The van der Waals surface area contributed by atoms with Crippen LogP contribution in [-0.2, 0) is 6.42 Å². The van der Waals surface area contributed by atoms with Crippen LogP contribution < -0.4 is 5.32 Å². The highest BCUT2D eigenvalue weighted by atomic mass is 14.9. The van der Waals surface area contributed by atoms with Crippen LogP contribution in [0.3, 0.4) is 0 Å². The number of hydrogen-bond acceptors (Lipinski definition) is 1. The minimum atomic E-state index is 0.575. The van der Waals surface area contributed by atoms with Crippen LogP contribution in [0.15, 0.2) is 24.3 Å². The molecule has 0 bridgehead atoms. The summed E-state index contributed by atoms with van der Waals surface area (Å²) >= 11 is 0. The Labute approximate surface area is 111 Å². The highest BCUT2D eigenvalue weighted by Crippen LogP contribution is 2.49. The standard InChI is InChI=1S/C17H25N/c1-2-14-6-8-15(9-7-14)16-12-18-13-17(16)10-4-3-5-11-17/h6-9,16,18H,2-5,10-13H2,1H3. The molecule has 0 radical (unpaired) electrons. The lowest BCUT2D eigenvalue weighted by molar-refractivity contribution is 0.189. The van der Waals surface area contributed by atoms with Crippen molar-refractivity contribution in [2.24, 2.45) is 5.41 Å². The summed E-state index contributed by atoms with van der Waals surface area (Å²) in [6.07, 6.45) is 8.33. The zero-order valence-corrected chi connectivity index (χ0v) is 11.5. The van der Waals surface area contributed by atoms with E-state index in [1.165, 1.54) is 50.8 Å². The van der Waals surface area contributed by atoms with Gasteiger partial charge in [-0.15, -0.1) is 0 Å². The van der Waals surface area contributed by atoms with Crippen molar-refractivity contribution in [3.8, 4) is 0 Å². The number of nitrogens with one attached hydrogen (secondary N) is 1. The molecule has 2 aliphatic rings. The summed E-state index contributed by atoms with van der Waals surface area (Å²) in [5.74, 6) is 0.753. The maximum atomic E-state index is 3.66. The summed E-state index contributed by atoms with van der Waals surface area (Å²) in [6, 6.07) is 9.41. The summed E-state index contributed by atoms with van der Waals surface area (Å²) in [5.41, 5.74) is 3.60. The predicted octanol–water partition coefficient (Wildman–Crippen LogP) is 3.89. The molecule has 1 aliphatic carbocycles. The van der Waals surface area contributed by atoms with Crippen molar-refractivity contribution in [3.05, 3.63) is 35.4 Å². The second-order valence-corrected chi connectivity index (χ2v) is 6.20. The molecular weight excluding hydrogens is 218 g/mol. The molecule has 1 N–H and O–H groups in total. The molecule has 1 heteroatoms. The molecule has 1 aromatic carbocycles. The third kappa shape index (κ3) is 2.09. The summed E-state index contributed by atoms with van der Waals surface area (Å²) in [7, 11) is 0. The molecule has 1 nitrogen and oxygen atoms in total. The van der Waals surface area contributed by atoms with Crippen molar-refractivity contribution in [2.75, 3.05) is 13.1 Å². The molecule has 1 aliphatic heterocycles. The molecule has 3 rings (SSSR count). The highest BCUT2D eigenvalue weighted by Gasteiger charge is 2.43. The van der Waals surface area contributed by atoms with Gasteiger partial charge in [-0.25, -0.2) is 0 Å². The van der Waals surface area contributed by atoms with Crippen LogP contribution in [0.4, 0.5) is 0 Å². The Hall–Kier alpha value is -0.820. The van der Waals surface area contributed by atoms with Crippen molar-refractivity contribution in [3.63, 3.8) is 0 Å². The molecule has 1 spiro atoms. The van der Waals surface area contributed by atoms with Crippen LogP contribution in [0.5, 0.6) is 0 Å². The first-order valence-corrected chi connectivity index (χ1v) is 7.64. The van der Waals surface area contributed by atoms with Crippen LogP contribution in [0, 0.1) is 5.41 Å². The second-order valence-electron chi connectivity index (χ2n) is 6.20. The van der Waals surface area contributed by atoms with Gasteiger partial charge in [0.15, 0.2) is 0 Å². The first kappa shape index (κ1) is 12.2. The number of benzene rings is 1. The number of hydrogen-bond donors (Lipinski definition) is 1. The first-order chi connectivity index (χ1) is 8.84. The molecule has 1 saturated heterocycles. The van der Waals surface area contributed by atoms with Gasteiger partial charge in [-0.2, -0.15) is 0 Å². The van der Waals surface area contributed by atoms with Gasteiger partial charge in [-0.05, 0) is 35.8 Å². The summed E-state index contributed by atoms with van der Waals surface area (Å²) in [5, 5.41) is 3.66. The van der Waals surface area contributed by atoms with Gasteiger partial charge in [0.2, 0.25) is 0 Å². The average Bonchev–Trinajstić information content (AvgIpc) is 2.83. The maximum Gasteiger partial charge on any atom is 0.00320 e. The molecule has 0 aromatic heterocycles. The fourth-order valence-electron chi connectivity index (χ4n) is 4.04. The van der Waals surface area contributed by atoms with Crippen LogP contribution in [0.2, 0.25) is 0 Å². The lowest BCUT2D eigenvalue weighted by atomic mass is 9.66. The summed E-state index contributed by atoms with van der Waals surface area (Å²) in [4.78, 5) is 0. The molecular formula is C17H25N. The molecule has 1 saturated carbocycles. The average molecular weight is 243 g/mol. The van der Waals surface area contributed by atoms with Crippen LogP contribution in [0.1, 0.15) is 56.1 Å². The molecule has 1 heterocycles. The van der Waals surface area contributed by atoms with Crippen LogP contribution in [-0.4, -0.2) is 13.1 Å². The third-order valence-corrected chi connectivity index (χ3v) is 5.20. The fourth-order valence-corrected chi connectivity index (χ4v) is 4.04. The second kappa shape index (κ2) is 5.05. The lowest BCUT2D eigenvalue weighted by Crippen LogP contribution is -2.31. The quantitative estimate of drug-likeness (QED) is 0.831. The Morgan fingerprint density at radius 2 is 1.83 bits per heavy atom. The van der Waals surface area contributed by atoms with Gasteiger partial charge in [-0.1, -0.05) is 50.5 Å². The fraction of sp³-hybridized carbons (Fsp3) is 0.647. The largest absolute Gasteiger partial charge is 0.316 e. The number of rotatable bonds is 2. The topological polar surface area (TPSA) is 12.0 Å². The zero-order valence-electron chi connectivity index (χ0n) is 11.5. The van der Waals surface area contributed by atoms with Crippen LogP contribution >= 0.6 is 0 Å². The molecule has 0 amide bonds. The van der Waals surface area contributed by atoms with E-state index in [9.17, 15) is 0 Å². The Balaban J connectivity index is 1.84. The third-order valence-electron chi connectivity index (χ3n) is 5.20. The van der Waals surface area contributed by atoms with E-state index in [1.807, 2.05) is 0 Å². The lowest BCUT2D eigenvalue weighted by Gasteiger charge is -2.38. The van der Waals surface area contributed by atoms with E-state index in [0.29, 0.717) is 5.41 Å². The molecule has 2 fully saturated rings. The van der Waals surface area contributed by atoms with Gasteiger partial charge in [-0.3, -0.25) is 0 Å². The number of aryl methyl sites for hydroxylation is 1. The van der Waals surface area contributed by atoms with E-state index in [2.05, 4.69) is 36.5 Å². The highest BCUT2D eigenvalue weighted by molar-refractivity contribution is 5.29. The van der Waals surface area contributed by atoms with Crippen molar-refractivity contribution in [1.82, 2.24) is 5.32 Å². The Bertz CT molecular complexity index is 387. The molecule has 1 atom stereocenters. The van der Waals surface area contributed by atoms with Gasteiger partial charge in [0.1, 0.15) is 0 Å². The Morgan fingerprint density at radius 3 is 2.50 bits per heavy atom. The van der Waals surface area contributed by atoms with E-state index in [-0.39, 0.29) is 0 Å². The van der Waals surface area contributed by atoms with E-state index >= 15 is 0 Å². The molecule has 1 aromatic rings. The van der Waals surface area contributed by atoms with Crippen molar-refractivity contribution in [1.29, 1.82) is 0 Å². The SMILES string of the molecule is CCc1ccc(C2CNCC23CCCCC3)cc1. The van der Waals surface area contributed by atoms with Crippen molar-refractivity contribution in [2.45, 2.75) is 51.4 Å². The van der Waals surface area contributed by atoms with E-state index in [0.717, 1.165) is 12.3 Å². The Morgan fingerprint density at radius 1 is 1.11 bits per heavy atom. The van der Waals surface area contributed by atoms with Crippen LogP contribution in [0.25, 0.3) is 0 Å². The Kier molecular flexibility index (Phi) is 3.43. The van der Waals surface area contributed by atoms with Gasteiger partial charge in [0.25, 0.3) is 0 Å². The smallest absolute Gasteiger partial charge is 0.00320 e. The van der Waals surface area contributed by atoms with E-state index in [1.54, 1.807) is 5.56 Å². The molecule has 18 heavy (non-hydrogen) atoms. The summed E-state index contributed by atoms with van der Waals surface area (Å²) < 4.78 is 0. The van der Waals surface area contributed by atoms with Crippen molar-refractivity contribution >= 4 is 0 Å². The summed E-state index contributed by atoms with van der Waals surface area (Å²) in [6.45, 7) is 4.66. The normalized spacial score (nSPS) is 26.6. The van der Waals surface area contributed by atoms with Crippen molar-refractivity contribution < 1.29 is 0 Å².